The predicted octanol–water partition coefficient (Wildman–Crippen LogP) is 1.76. The van der Waals surface area contributed by atoms with E-state index in [9.17, 15) is 4.79 Å². The number of carbonyl (C=O) groups is 1. The SMILES string of the molecule is CCC1(C(=O)NC(C)c2nc(C)no2)CCOCC1. The second kappa shape index (κ2) is 5.69. The Labute approximate surface area is 112 Å². The summed E-state index contributed by atoms with van der Waals surface area (Å²) < 4.78 is 10.4. The van der Waals surface area contributed by atoms with Gasteiger partial charge in [-0.2, -0.15) is 4.98 Å². The molecule has 2 rings (SSSR count). The van der Waals surface area contributed by atoms with Crippen molar-refractivity contribution in [2.24, 2.45) is 5.41 Å². The first-order valence-corrected chi connectivity index (χ1v) is 6.76. The molecular weight excluding hydrogens is 246 g/mol. The van der Waals surface area contributed by atoms with Gasteiger partial charge in [0.25, 0.3) is 0 Å². The minimum atomic E-state index is -0.318. The topological polar surface area (TPSA) is 77.3 Å². The molecule has 0 aromatic carbocycles. The minimum Gasteiger partial charge on any atom is -0.381 e. The van der Waals surface area contributed by atoms with Gasteiger partial charge in [-0.1, -0.05) is 12.1 Å². The summed E-state index contributed by atoms with van der Waals surface area (Å²) in [6.45, 7) is 6.96. The van der Waals surface area contributed by atoms with Crippen LogP contribution in [0.3, 0.4) is 0 Å². The Morgan fingerprint density at radius 2 is 2.16 bits per heavy atom. The molecule has 0 spiro atoms. The fourth-order valence-electron chi connectivity index (χ4n) is 2.40. The lowest BCUT2D eigenvalue weighted by Crippen LogP contribution is -2.45. The quantitative estimate of drug-likeness (QED) is 0.899. The van der Waals surface area contributed by atoms with Crippen molar-refractivity contribution in [3.05, 3.63) is 11.7 Å². The van der Waals surface area contributed by atoms with E-state index in [0.29, 0.717) is 24.9 Å². The van der Waals surface area contributed by atoms with Gasteiger partial charge < -0.3 is 14.6 Å². The number of amides is 1. The molecule has 1 saturated heterocycles. The van der Waals surface area contributed by atoms with Crippen LogP contribution in [-0.2, 0) is 9.53 Å². The largest absolute Gasteiger partial charge is 0.381 e. The maximum Gasteiger partial charge on any atom is 0.248 e. The minimum absolute atomic E-state index is 0.0571. The maximum absolute atomic E-state index is 12.5. The molecule has 0 radical (unpaired) electrons. The molecule has 0 saturated carbocycles. The zero-order valence-corrected chi connectivity index (χ0v) is 11.7. The summed E-state index contributed by atoms with van der Waals surface area (Å²) in [6, 6.07) is -0.264. The number of ether oxygens (including phenoxy) is 1. The van der Waals surface area contributed by atoms with Crippen molar-refractivity contribution < 1.29 is 14.1 Å². The fourth-order valence-corrected chi connectivity index (χ4v) is 2.40. The predicted molar refractivity (Wildman–Crippen MR) is 68.4 cm³/mol. The van der Waals surface area contributed by atoms with Crippen LogP contribution < -0.4 is 5.32 Å². The number of aromatic nitrogens is 2. The number of nitrogens with one attached hydrogen (secondary N) is 1. The molecular formula is C13H21N3O3. The molecule has 1 unspecified atom stereocenters. The van der Waals surface area contributed by atoms with E-state index >= 15 is 0 Å². The number of rotatable bonds is 4. The highest BCUT2D eigenvalue weighted by Crippen LogP contribution is 2.34. The van der Waals surface area contributed by atoms with Crippen LogP contribution in [0.2, 0.25) is 0 Å². The summed E-state index contributed by atoms with van der Waals surface area (Å²) in [5.41, 5.74) is -0.318. The molecule has 0 bridgehead atoms. The molecule has 2 heterocycles. The Morgan fingerprint density at radius 3 is 2.68 bits per heavy atom. The highest BCUT2D eigenvalue weighted by Gasteiger charge is 2.39. The number of nitrogens with zero attached hydrogens (tertiary/aromatic N) is 2. The summed E-state index contributed by atoms with van der Waals surface area (Å²) in [4.78, 5) is 16.6. The molecule has 1 fully saturated rings. The van der Waals surface area contributed by atoms with Gasteiger partial charge in [0.1, 0.15) is 6.04 Å². The molecule has 6 nitrogen and oxygen atoms in total. The molecule has 106 valence electrons. The molecule has 1 aliphatic rings. The van der Waals surface area contributed by atoms with Gasteiger partial charge in [-0.25, -0.2) is 0 Å². The van der Waals surface area contributed by atoms with Gasteiger partial charge in [-0.3, -0.25) is 4.79 Å². The number of aryl methyl sites for hydroxylation is 1. The Morgan fingerprint density at radius 1 is 1.47 bits per heavy atom. The number of hydrogen-bond acceptors (Lipinski definition) is 5. The van der Waals surface area contributed by atoms with E-state index in [-0.39, 0.29) is 17.4 Å². The molecule has 1 N–H and O–H groups in total. The highest BCUT2D eigenvalue weighted by molar-refractivity contribution is 5.83. The van der Waals surface area contributed by atoms with Crippen LogP contribution in [0.25, 0.3) is 0 Å². The van der Waals surface area contributed by atoms with E-state index in [2.05, 4.69) is 15.5 Å². The average Bonchev–Trinajstić information content (AvgIpc) is 2.86. The lowest BCUT2D eigenvalue weighted by atomic mass is 9.77. The third-order valence-electron chi connectivity index (χ3n) is 3.87. The van der Waals surface area contributed by atoms with Crippen LogP contribution in [0.1, 0.15) is 50.9 Å². The molecule has 19 heavy (non-hydrogen) atoms. The summed E-state index contributed by atoms with van der Waals surface area (Å²) in [6.07, 6.45) is 2.35. The molecule has 0 aliphatic carbocycles. The smallest absolute Gasteiger partial charge is 0.248 e. The third kappa shape index (κ3) is 2.94. The summed E-state index contributed by atoms with van der Waals surface area (Å²) in [5.74, 6) is 1.08. The lowest BCUT2D eigenvalue weighted by Gasteiger charge is -2.35. The van der Waals surface area contributed by atoms with Crippen molar-refractivity contribution in [3.63, 3.8) is 0 Å². The first-order valence-electron chi connectivity index (χ1n) is 6.76. The Balaban J connectivity index is 2.03. The fraction of sp³-hybridized carbons (Fsp3) is 0.769. The number of carbonyl (C=O) groups excluding carboxylic acids is 1. The van der Waals surface area contributed by atoms with E-state index < -0.39 is 0 Å². The first kappa shape index (κ1) is 14.0. The standard InChI is InChI=1S/C13H21N3O3/c1-4-13(5-7-18-8-6-13)12(17)14-9(2)11-15-10(3)16-19-11/h9H,4-8H2,1-3H3,(H,14,17). The Kier molecular flexibility index (Phi) is 4.19. The van der Waals surface area contributed by atoms with E-state index in [1.807, 2.05) is 13.8 Å². The molecule has 1 aromatic rings. The van der Waals surface area contributed by atoms with Crippen molar-refractivity contribution in [3.8, 4) is 0 Å². The van der Waals surface area contributed by atoms with Crippen molar-refractivity contribution in [1.29, 1.82) is 0 Å². The highest BCUT2D eigenvalue weighted by atomic mass is 16.5. The van der Waals surface area contributed by atoms with Gasteiger partial charge in [0.15, 0.2) is 5.82 Å². The monoisotopic (exact) mass is 267 g/mol. The second-order valence-corrected chi connectivity index (χ2v) is 5.12. The van der Waals surface area contributed by atoms with Crippen LogP contribution in [0.4, 0.5) is 0 Å². The maximum atomic E-state index is 12.5. The van der Waals surface area contributed by atoms with Crippen molar-refractivity contribution in [2.45, 2.75) is 46.1 Å². The van der Waals surface area contributed by atoms with E-state index in [4.69, 9.17) is 9.26 Å². The summed E-state index contributed by atoms with van der Waals surface area (Å²) >= 11 is 0. The van der Waals surface area contributed by atoms with Crippen molar-refractivity contribution >= 4 is 5.91 Å². The molecule has 6 heteroatoms. The van der Waals surface area contributed by atoms with Gasteiger partial charge >= 0.3 is 0 Å². The van der Waals surface area contributed by atoms with Gasteiger partial charge in [0.05, 0.1) is 5.41 Å². The van der Waals surface area contributed by atoms with Crippen LogP contribution >= 0.6 is 0 Å². The zero-order valence-electron chi connectivity index (χ0n) is 11.7. The molecule has 1 aromatic heterocycles. The molecule has 1 atom stereocenters. The lowest BCUT2D eigenvalue weighted by molar-refractivity contribution is -0.137. The molecule has 1 aliphatic heterocycles. The summed E-state index contributed by atoms with van der Waals surface area (Å²) in [7, 11) is 0. The van der Waals surface area contributed by atoms with E-state index in [1.54, 1.807) is 6.92 Å². The van der Waals surface area contributed by atoms with Gasteiger partial charge in [0.2, 0.25) is 11.8 Å². The third-order valence-corrected chi connectivity index (χ3v) is 3.87. The zero-order chi connectivity index (χ0) is 13.9. The van der Waals surface area contributed by atoms with Crippen LogP contribution in [0.15, 0.2) is 4.52 Å². The first-order chi connectivity index (χ1) is 9.07. The van der Waals surface area contributed by atoms with E-state index in [1.165, 1.54) is 0 Å². The van der Waals surface area contributed by atoms with Crippen LogP contribution in [0.5, 0.6) is 0 Å². The van der Waals surface area contributed by atoms with Gasteiger partial charge in [-0.05, 0) is 33.1 Å². The van der Waals surface area contributed by atoms with E-state index in [0.717, 1.165) is 19.3 Å². The average molecular weight is 267 g/mol. The normalized spacial score (nSPS) is 19.9. The molecule has 1 amide bonds. The number of hydrogen-bond donors (Lipinski definition) is 1. The van der Waals surface area contributed by atoms with Crippen LogP contribution in [0, 0.1) is 12.3 Å². The second-order valence-electron chi connectivity index (χ2n) is 5.12. The Hall–Kier alpha value is -1.43. The summed E-state index contributed by atoms with van der Waals surface area (Å²) in [5, 5.41) is 6.72. The van der Waals surface area contributed by atoms with Gasteiger partial charge in [0, 0.05) is 13.2 Å². The van der Waals surface area contributed by atoms with Crippen molar-refractivity contribution in [2.75, 3.05) is 13.2 Å². The Bertz CT molecular complexity index is 438. The van der Waals surface area contributed by atoms with Gasteiger partial charge in [-0.15, -0.1) is 0 Å². The van der Waals surface area contributed by atoms with Crippen molar-refractivity contribution in [1.82, 2.24) is 15.5 Å². The van der Waals surface area contributed by atoms with Crippen LogP contribution in [-0.4, -0.2) is 29.3 Å².